The van der Waals surface area contributed by atoms with Crippen LogP contribution in [0.3, 0.4) is 0 Å². The van der Waals surface area contributed by atoms with Crippen LogP contribution in [0.1, 0.15) is 39.5 Å². The highest BCUT2D eigenvalue weighted by Crippen LogP contribution is 2.35. The van der Waals surface area contributed by atoms with Crippen molar-refractivity contribution in [3.8, 4) is 0 Å². The molecule has 4 N–H and O–H groups in total. The third kappa shape index (κ3) is 2.71. The molecule has 1 aliphatic rings. The first kappa shape index (κ1) is 12.9. The molecule has 3 heteroatoms. The Morgan fingerprint density at radius 2 is 2.27 bits per heavy atom. The highest BCUT2D eigenvalue weighted by molar-refractivity contribution is 4.96. The Kier molecular flexibility index (Phi) is 5.03. The molecule has 0 bridgehead atoms. The number of hydrogen-bond donors (Lipinski definition) is 3. The highest BCUT2D eigenvalue weighted by Gasteiger charge is 2.43. The van der Waals surface area contributed by atoms with E-state index in [4.69, 9.17) is 5.73 Å². The SMILES string of the molecule is CCCC(CN)C1(O)CCNCC1CC. The van der Waals surface area contributed by atoms with E-state index in [1.54, 1.807) is 0 Å². The second-order valence-corrected chi connectivity index (χ2v) is 4.77. The molecule has 0 amide bonds. The van der Waals surface area contributed by atoms with Crippen LogP contribution in [0.15, 0.2) is 0 Å². The van der Waals surface area contributed by atoms with Gasteiger partial charge in [0.15, 0.2) is 0 Å². The molecule has 90 valence electrons. The zero-order chi connectivity index (χ0) is 11.3. The molecular formula is C12H26N2O. The molecule has 1 rings (SSSR count). The van der Waals surface area contributed by atoms with E-state index in [2.05, 4.69) is 19.2 Å². The van der Waals surface area contributed by atoms with Gasteiger partial charge in [0.1, 0.15) is 0 Å². The lowest BCUT2D eigenvalue weighted by Crippen LogP contribution is -2.56. The average Bonchev–Trinajstić information content (AvgIpc) is 2.26. The molecule has 0 aromatic heterocycles. The van der Waals surface area contributed by atoms with Gasteiger partial charge in [0.25, 0.3) is 0 Å². The van der Waals surface area contributed by atoms with Crippen molar-refractivity contribution in [3.05, 3.63) is 0 Å². The summed E-state index contributed by atoms with van der Waals surface area (Å²) in [4.78, 5) is 0. The Morgan fingerprint density at radius 3 is 2.80 bits per heavy atom. The normalized spacial score (nSPS) is 34.0. The fourth-order valence-corrected chi connectivity index (χ4v) is 2.90. The van der Waals surface area contributed by atoms with Gasteiger partial charge in [-0.25, -0.2) is 0 Å². The second kappa shape index (κ2) is 5.83. The van der Waals surface area contributed by atoms with Gasteiger partial charge in [0, 0.05) is 18.4 Å². The smallest absolute Gasteiger partial charge is 0.0739 e. The topological polar surface area (TPSA) is 58.3 Å². The van der Waals surface area contributed by atoms with Crippen LogP contribution >= 0.6 is 0 Å². The zero-order valence-electron chi connectivity index (χ0n) is 10.1. The van der Waals surface area contributed by atoms with Gasteiger partial charge in [-0.2, -0.15) is 0 Å². The Morgan fingerprint density at radius 1 is 1.53 bits per heavy atom. The van der Waals surface area contributed by atoms with Gasteiger partial charge in [-0.3, -0.25) is 0 Å². The maximum Gasteiger partial charge on any atom is 0.0739 e. The van der Waals surface area contributed by atoms with E-state index < -0.39 is 5.60 Å². The van der Waals surface area contributed by atoms with Crippen molar-refractivity contribution >= 4 is 0 Å². The van der Waals surface area contributed by atoms with E-state index in [1.807, 2.05) is 0 Å². The fourth-order valence-electron chi connectivity index (χ4n) is 2.90. The number of hydrogen-bond acceptors (Lipinski definition) is 3. The fraction of sp³-hybridized carbons (Fsp3) is 1.00. The van der Waals surface area contributed by atoms with E-state index in [9.17, 15) is 5.11 Å². The van der Waals surface area contributed by atoms with Gasteiger partial charge in [-0.05, 0) is 32.4 Å². The maximum atomic E-state index is 10.8. The summed E-state index contributed by atoms with van der Waals surface area (Å²) >= 11 is 0. The summed E-state index contributed by atoms with van der Waals surface area (Å²) in [6.45, 7) is 6.79. The molecule has 3 atom stereocenters. The lowest BCUT2D eigenvalue weighted by Gasteiger charge is -2.45. The number of rotatable bonds is 5. The number of piperidine rings is 1. The number of aliphatic hydroxyl groups is 1. The summed E-state index contributed by atoms with van der Waals surface area (Å²) < 4.78 is 0. The molecule has 3 nitrogen and oxygen atoms in total. The molecule has 0 aliphatic carbocycles. The van der Waals surface area contributed by atoms with Crippen LogP contribution in [0, 0.1) is 11.8 Å². The first-order valence-electron chi connectivity index (χ1n) is 6.32. The van der Waals surface area contributed by atoms with Crippen molar-refractivity contribution in [3.63, 3.8) is 0 Å². The molecule has 1 heterocycles. The molecule has 0 radical (unpaired) electrons. The minimum Gasteiger partial charge on any atom is -0.389 e. The van der Waals surface area contributed by atoms with Gasteiger partial charge in [-0.15, -0.1) is 0 Å². The molecule has 3 unspecified atom stereocenters. The summed E-state index contributed by atoms with van der Waals surface area (Å²) in [6, 6.07) is 0. The lowest BCUT2D eigenvalue weighted by molar-refractivity contribution is -0.0891. The Balaban J connectivity index is 2.73. The molecule has 0 aromatic rings. The maximum absolute atomic E-state index is 10.8. The van der Waals surface area contributed by atoms with Crippen molar-refractivity contribution in [2.45, 2.75) is 45.1 Å². The predicted molar refractivity (Wildman–Crippen MR) is 63.7 cm³/mol. The highest BCUT2D eigenvalue weighted by atomic mass is 16.3. The van der Waals surface area contributed by atoms with Gasteiger partial charge in [-0.1, -0.05) is 20.3 Å². The third-order valence-corrected chi connectivity index (χ3v) is 3.92. The first-order valence-corrected chi connectivity index (χ1v) is 6.32. The van der Waals surface area contributed by atoms with Gasteiger partial charge >= 0.3 is 0 Å². The quantitative estimate of drug-likeness (QED) is 0.642. The second-order valence-electron chi connectivity index (χ2n) is 4.77. The van der Waals surface area contributed by atoms with E-state index in [0.717, 1.165) is 38.8 Å². The van der Waals surface area contributed by atoms with Crippen molar-refractivity contribution in [1.29, 1.82) is 0 Å². The molecule has 1 fully saturated rings. The first-order chi connectivity index (χ1) is 7.19. The van der Waals surface area contributed by atoms with E-state index in [-0.39, 0.29) is 5.92 Å². The number of nitrogens with one attached hydrogen (secondary N) is 1. The molecule has 0 saturated carbocycles. The van der Waals surface area contributed by atoms with Gasteiger partial charge in [0.05, 0.1) is 5.60 Å². The molecule has 0 aromatic carbocycles. The largest absolute Gasteiger partial charge is 0.389 e. The minimum atomic E-state index is -0.523. The molecular weight excluding hydrogens is 188 g/mol. The van der Waals surface area contributed by atoms with Gasteiger partial charge in [0.2, 0.25) is 0 Å². The van der Waals surface area contributed by atoms with Crippen LogP contribution in [0.4, 0.5) is 0 Å². The lowest BCUT2D eigenvalue weighted by atomic mass is 9.70. The van der Waals surface area contributed by atoms with E-state index >= 15 is 0 Å². The Bertz CT molecular complexity index is 186. The Labute approximate surface area is 93.4 Å². The van der Waals surface area contributed by atoms with E-state index in [1.165, 1.54) is 0 Å². The monoisotopic (exact) mass is 214 g/mol. The van der Waals surface area contributed by atoms with Crippen molar-refractivity contribution < 1.29 is 5.11 Å². The van der Waals surface area contributed by atoms with Crippen LogP contribution in [-0.4, -0.2) is 30.3 Å². The van der Waals surface area contributed by atoms with Crippen molar-refractivity contribution in [2.75, 3.05) is 19.6 Å². The summed E-state index contributed by atoms with van der Waals surface area (Å²) in [5.41, 5.74) is 5.29. The van der Waals surface area contributed by atoms with E-state index in [0.29, 0.717) is 12.5 Å². The van der Waals surface area contributed by atoms with Crippen LogP contribution < -0.4 is 11.1 Å². The van der Waals surface area contributed by atoms with Gasteiger partial charge < -0.3 is 16.2 Å². The summed E-state index contributed by atoms with van der Waals surface area (Å²) in [5.74, 6) is 0.640. The average molecular weight is 214 g/mol. The summed E-state index contributed by atoms with van der Waals surface area (Å²) in [7, 11) is 0. The predicted octanol–water partition coefficient (Wildman–Crippen LogP) is 1.11. The number of nitrogens with two attached hydrogens (primary N) is 1. The molecule has 15 heavy (non-hydrogen) atoms. The zero-order valence-corrected chi connectivity index (χ0v) is 10.1. The van der Waals surface area contributed by atoms with Crippen LogP contribution in [-0.2, 0) is 0 Å². The summed E-state index contributed by atoms with van der Waals surface area (Å²) in [5, 5.41) is 14.2. The summed E-state index contributed by atoms with van der Waals surface area (Å²) in [6.07, 6.45) is 4.04. The standard InChI is InChI=1S/C12H26N2O/c1-3-5-11(8-13)12(15)6-7-14-9-10(12)4-2/h10-11,14-15H,3-9,13H2,1-2H3. The molecule has 1 aliphatic heterocycles. The van der Waals surface area contributed by atoms with Crippen LogP contribution in [0.25, 0.3) is 0 Å². The molecule has 1 saturated heterocycles. The van der Waals surface area contributed by atoms with Crippen LogP contribution in [0.2, 0.25) is 0 Å². The Hall–Kier alpha value is -0.120. The van der Waals surface area contributed by atoms with Crippen LogP contribution in [0.5, 0.6) is 0 Å². The molecule has 0 spiro atoms. The van der Waals surface area contributed by atoms with Crippen molar-refractivity contribution in [2.24, 2.45) is 17.6 Å². The third-order valence-electron chi connectivity index (χ3n) is 3.92. The minimum absolute atomic E-state index is 0.273. The van der Waals surface area contributed by atoms with Crippen molar-refractivity contribution in [1.82, 2.24) is 5.32 Å².